The predicted molar refractivity (Wildman–Crippen MR) is 91.1 cm³/mol. The molecular formula is C18H23N3O2. The third kappa shape index (κ3) is 4.28. The summed E-state index contributed by atoms with van der Waals surface area (Å²) in [6.07, 6.45) is 2.86. The Labute approximate surface area is 137 Å². The predicted octanol–water partition coefficient (Wildman–Crippen LogP) is 3.41. The van der Waals surface area contributed by atoms with Crippen LogP contribution < -0.4 is 9.64 Å². The van der Waals surface area contributed by atoms with E-state index < -0.39 is 5.97 Å². The number of unbranched alkanes of at least 4 members (excludes halogenated alkanes) is 1. The molecule has 2 rings (SSSR count). The molecule has 0 spiro atoms. The lowest BCUT2D eigenvalue weighted by atomic mass is 10.1. The van der Waals surface area contributed by atoms with E-state index in [0.717, 1.165) is 30.5 Å². The SMILES string of the molecule is CCCCc1c(C)nc(N(C)C)nc1OC(=O)c1ccccc1. The summed E-state index contributed by atoms with van der Waals surface area (Å²) in [4.78, 5) is 23.1. The monoisotopic (exact) mass is 313 g/mol. The van der Waals surface area contributed by atoms with Crippen molar-refractivity contribution >= 4 is 11.9 Å². The van der Waals surface area contributed by atoms with E-state index >= 15 is 0 Å². The highest BCUT2D eigenvalue weighted by Gasteiger charge is 2.17. The number of rotatable bonds is 6. The molecule has 0 unspecified atom stereocenters. The minimum Gasteiger partial charge on any atom is -0.403 e. The Balaban J connectivity index is 2.35. The summed E-state index contributed by atoms with van der Waals surface area (Å²) >= 11 is 0. The minimum absolute atomic E-state index is 0.364. The van der Waals surface area contributed by atoms with Crippen LogP contribution in [0.4, 0.5) is 5.95 Å². The van der Waals surface area contributed by atoms with Crippen molar-refractivity contribution in [3.05, 3.63) is 47.2 Å². The summed E-state index contributed by atoms with van der Waals surface area (Å²) in [7, 11) is 3.73. The molecule has 122 valence electrons. The molecule has 0 radical (unpaired) electrons. The van der Waals surface area contributed by atoms with Gasteiger partial charge in [-0.05, 0) is 31.9 Å². The zero-order valence-electron chi connectivity index (χ0n) is 14.2. The Kier molecular flexibility index (Phi) is 5.68. The van der Waals surface area contributed by atoms with Gasteiger partial charge in [0.15, 0.2) is 0 Å². The van der Waals surface area contributed by atoms with Crippen molar-refractivity contribution in [1.29, 1.82) is 0 Å². The Morgan fingerprint density at radius 2 is 1.87 bits per heavy atom. The zero-order valence-corrected chi connectivity index (χ0v) is 14.2. The standard InChI is InChI=1S/C18H23N3O2/c1-5-6-12-15-13(2)19-18(21(3)4)20-16(15)23-17(22)14-10-8-7-9-11-14/h7-11H,5-6,12H2,1-4H3. The highest BCUT2D eigenvalue weighted by Crippen LogP contribution is 2.24. The van der Waals surface area contributed by atoms with Crippen molar-refractivity contribution in [3.63, 3.8) is 0 Å². The van der Waals surface area contributed by atoms with E-state index in [0.29, 0.717) is 17.4 Å². The van der Waals surface area contributed by atoms with Gasteiger partial charge in [-0.15, -0.1) is 0 Å². The molecule has 0 saturated heterocycles. The van der Waals surface area contributed by atoms with E-state index in [1.165, 1.54) is 0 Å². The summed E-state index contributed by atoms with van der Waals surface area (Å²) in [5.41, 5.74) is 2.27. The molecule has 5 heteroatoms. The van der Waals surface area contributed by atoms with Crippen LogP contribution >= 0.6 is 0 Å². The number of esters is 1. The van der Waals surface area contributed by atoms with E-state index in [1.54, 1.807) is 17.0 Å². The first-order chi connectivity index (χ1) is 11.0. The fraction of sp³-hybridized carbons (Fsp3) is 0.389. The van der Waals surface area contributed by atoms with Gasteiger partial charge < -0.3 is 9.64 Å². The lowest BCUT2D eigenvalue weighted by Gasteiger charge is -2.16. The normalized spacial score (nSPS) is 10.4. The number of benzene rings is 1. The van der Waals surface area contributed by atoms with Crippen LogP contribution in [0.3, 0.4) is 0 Å². The minimum atomic E-state index is -0.397. The first-order valence-electron chi connectivity index (χ1n) is 7.85. The van der Waals surface area contributed by atoms with Gasteiger partial charge in [0.1, 0.15) is 0 Å². The molecule has 0 saturated carbocycles. The quantitative estimate of drug-likeness (QED) is 0.765. The Morgan fingerprint density at radius 3 is 2.48 bits per heavy atom. The van der Waals surface area contributed by atoms with Crippen LogP contribution in [0.15, 0.2) is 30.3 Å². The van der Waals surface area contributed by atoms with Gasteiger partial charge in [-0.25, -0.2) is 9.78 Å². The second kappa shape index (κ2) is 7.72. The van der Waals surface area contributed by atoms with Crippen LogP contribution in [0.1, 0.15) is 41.4 Å². The highest BCUT2D eigenvalue weighted by atomic mass is 16.5. The van der Waals surface area contributed by atoms with Crippen LogP contribution in [0.5, 0.6) is 5.88 Å². The van der Waals surface area contributed by atoms with Crippen LogP contribution in [-0.2, 0) is 6.42 Å². The molecule has 23 heavy (non-hydrogen) atoms. The van der Waals surface area contributed by atoms with Crippen molar-refractivity contribution in [2.45, 2.75) is 33.1 Å². The fourth-order valence-electron chi connectivity index (χ4n) is 2.20. The van der Waals surface area contributed by atoms with Crippen molar-refractivity contribution in [2.75, 3.05) is 19.0 Å². The van der Waals surface area contributed by atoms with Gasteiger partial charge in [0, 0.05) is 25.4 Å². The molecule has 0 aliphatic carbocycles. The largest absolute Gasteiger partial charge is 0.403 e. The Morgan fingerprint density at radius 1 is 1.17 bits per heavy atom. The van der Waals surface area contributed by atoms with Gasteiger partial charge >= 0.3 is 5.97 Å². The Hall–Kier alpha value is -2.43. The molecule has 0 aliphatic rings. The molecule has 0 atom stereocenters. The molecule has 1 aromatic heterocycles. The molecule has 1 aromatic carbocycles. The molecule has 0 fully saturated rings. The second-order valence-electron chi connectivity index (χ2n) is 5.65. The van der Waals surface area contributed by atoms with Crippen molar-refractivity contribution < 1.29 is 9.53 Å². The van der Waals surface area contributed by atoms with Gasteiger partial charge in [-0.3, -0.25) is 0 Å². The maximum Gasteiger partial charge on any atom is 0.344 e. The number of hydrogen-bond donors (Lipinski definition) is 0. The number of nitrogens with zero attached hydrogens (tertiary/aromatic N) is 3. The first-order valence-corrected chi connectivity index (χ1v) is 7.85. The highest BCUT2D eigenvalue weighted by molar-refractivity contribution is 5.90. The maximum atomic E-state index is 12.3. The van der Waals surface area contributed by atoms with Gasteiger partial charge in [-0.2, -0.15) is 4.98 Å². The summed E-state index contributed by atoms with van der Waals surface area (Å²) in [6, 6.07) is 8.95. The number of aromatic nitrogens is 2. The summed E-state index contributed by atoms with van der Waals surface area (Å²) in [5, 5.41) is 0. The van der Waals surface area contributed by atoms with Crippen molar-refractivity contribution in [3.8, 4) is 5.88 Å². The van der Waals surface area contributed by atoms with Crippen LogP contribution in [0, 0.1) is 6.92 Å². The topological polar surface area (TPSA) is 55.3 Å². The average molecular weight is 313 g/mol. The number of carbonyl (C=O) groups excluding carboxylic acids is 1. The number of hydrogen-bond acceptors (Lipinski definition) is 5. The molecular weight excluding hydrogens is 290 g/mol. The van der Waals surface area contributed by atoms with E-state index in [-0.39, 0.29) is 0 Å². The lowest BCUT2D eigenvalue weighted by Crippen LogP contribution is -2.17. The molecule has 0 amide bonds. The molecule has 5 nitrogen and oxygen atoms in total. The van der Waals surface area contributed by atoms with Gasteiger partial charge in [0.05, 0.1) is 5.56 Å². The molecule has 1 heterocycles. The van der Waals surface area contributed by atoms with Crippen molar-refractivity contribution in [1.82, 2.24) is 9.97 Å². The summed E-state index contributed by atoms with van der Waals surface area (Å²) in [5.74, 6) is 0.508. The Bertz CT molecular complexity index is 669. The number of anilines is 1. The van der Waals surface area contributed by atoms with Gasteiger partial charge in [-0.1, -0.05) is 31.5 Å². The number of aryl methyl sites for hydroxylation is 1. The maximum absolute atomic E-state index is 12.3. The molecule has 2 aromatic rings. The molecule has 0 aliphatic heterocycles. The lowest BCUT2D eigenvalue weighted by molar-refractivity contribution is 0.0725. The molecule has 0 bridgehead atoms. The van der Waals surface area contributed by atoms with Gasteiger partial charge in [0.2, 0.25) is 11.8 Å². The average Bonchev–Trinajstić information content (AvgIpc) is 2.54. The van der Waals surface area contributed by atoms with E-state index in [2.05, 4.69) is 16.9 Å². The van der Waals surface area contributed by atoms with Crippen LogP contribution in [-0.4, -0.2) is 30.0 Å². The number of ether oxygens (including phenoxy) is 1. The zero-order chi connectivity index (χ0) is 16.8. The van der Waals surface area contributed by atoms with Gasteiger partial charge in [0.25, 0.3) is 0 Å². The van der Waals surface area contributed by atoms with Crippen LogP contribution in [0.2, 0.25) is 0 Å². The van der Waals surface area contributed by atoms with E-state index in [4.69, 9.17) is 4.74 Å². The fourth-order valence-corrected chi connectivity index (χ4v) is 2.20. The molecule has 0 N–H and O–H groups in total. The van der Waals surface area contributed by atoms with Crippen molar-refractivity contribution in [2.24, 2.45) is 0 Å². The summed E-state index contributed by atoms with van der Waals surface area (Å²) in [6.45, 7) is 4.06. The summed E-state index contributed by atoms with van der Waals surface area (Å²) < 4.78 is 5.58. The first kappa shape index (κ1) is 16.9. The smallest absolute Gasteiger partial charge is 0.344 e. The third-order valence-electron chi connectivity index (χ3n) is 3.54. The third-order valence-corrected chi connectivity index (χ3v) is 3.54. The van der Waals surface area contributed by atoms with Crippen LogP contribution in [0.25, 0.3) is 0 Å². The van der Waals surface area contributed by atoms with E-state index in [9.17, 15) is 4.79 Å². The number of carbonyl (C=O) groups is 1. The van der Waals surface area contributed by atoms with E-state index in [1.807, 2.05) is 39.2 Å². The second-order valence-corrected chi connectivity index (χ2v) is 5.65.